The Morgan fingerprint density at radius 1 is 1.50 bits per heavy atom. The lowest BCUT2D eigenvalue weighted by molar-refractivity contribution is -0.135. The van der Waals surface area contributed by atoms with Crippen LogP contribution in [0, 0.1) is 0 Å². The third-order valence-corrected chi connectivity index (χ3v) is 4.63. The lowest BCUT2D eigenvalue weighted by Gasteiger charge is -2.34. The van der Waals surface area contributed by atoms with Gasteiger partial charge < -0.3 is 9.64 Å². The van der Waals surface area contributed by atoms with Crippen molar-refractivity contribution in [2.75, 3.05) is 19.8 Å². The number of ether oxygens (including phenoxy) is 1. The molecule has 0 bridgehead atoms. The van der Waals surface area contributed by atoms with E-state index >= 15 is 0 Å². The van der Waals surface area contributed by atoms with Crippen molar-refractivity contribution in [1.82, 2.24) is 4.90 Å². The third kappa shape index (κ3) is 4.46. The molecule has 1 saturated heterocycles. The first-order valence-electron chi connectivity index (χ1n) is 7.31. The molecule has 110 valence electrons. The van der Waals surface area contributed by atoms with Crippen LogP contribution in [0.5, 0.6) is 0 Å². The average Bonchev–Trinajstić information content (AvgIpc) is 3.00. The Morgan fingerprint density at radius 2 is 2.30 bits per heavy atom. The number of allylic oxidation sites excluding steroid dienone is 1. The molecule has 2 heterocycles. The molecule has 0 radical (unpaired) electrons. The highest BCUT2D eigenvalue weighted by molar-refractivity contribution is 7.09. The maximum absolute atomic E-state index is 12.4. The molecular weight excluding hydrogens is 270 g/mol. The SMILES string of the molecule is C=CCCC(=O)N(CCc1cccs1)C1CCOCC1. The Labute approximate surface area is 125 Å². The molecule has 0 aromatic carbocycles. The Balaban J connectivity index is 1.94. The van der Waals surface area contributed by atoms with E-state index in [-0.39, 0.29) is 5.91 Å². The largest absolute Gasteiger partial charge is 0.381 e. The van der Waals surface area contributed by atoms with Crippen molar-refractivity contribution < 1.29 is 9.53 Å². The minimum atomic E-state index is 0.258. The van der Waals surface area contributed by atoms with Crippen molar-refractivity contribution >= 4 is 17.2 Å². The number of rotatable bonds is 7. The van der Waals surface area contributed by atoms with Gasteiger partial charge in [-0.05, 0) is 37.1 Å². The first-order chi connectivity index (χ1) is 9.81. The van der Waals surface area contributed by atoms with E-state index in [0.717, 1.165) is 45.4 Å². The lowest BCUT2D eigenvalue weighted by Crippen LogP contribution is -2.44. The van der Waals surface area contributed by atoms with Crippen LogP contribution < -0.4 is 0 Å². The molecule has 0 aliphatic carbocycles. The molecule has 1 fully saturated rings. The summed E-state index contributed by atoms with van der Waals surface area (Å²) < 4.78 is 5.41. The summed E-state index contributed by atoms with van der Waals surface area (Å²) >= 11 is 1.76. The lowest BCUT2D eigenvalue weighted by atomic mass is 10.1. The Hall–Kier alpha value is -1.13. The molecule has 0 N–H and O–H groups in total. The summed E-state index contributed by atoms with van der Waals surface area (Å²) in [7, 11) is 0. The van der Waals surface area contributed by atoms with E-state index in [4.69, 9.17) is 4.74 Å². The first-order valence-corrected chi connectivity index (χ1v) is 8.19. The zero-order chi connectivity index (χ0) is 14.2. The minimum absolute atomic E-state index is 0.258. The molecule has 4 heteroatoms. The first kappa shape index (κ1) is 15.3. The summed E-state index contributed by atoms with van der Waals surface area (Å²) in [6, 6.07) is 4.56. The van der Waals surface area contributed by atoms with E-state index in [1.54, 1.807) is 11.3 Å². The number of carbonyl (C=O) groups excluding carboxylic acids is 1. The van der Waals surface area contributed by atoms with Gasteiger partial charge in [0.1, 0.15) is 0 Å². The van der Waals surface area contributed by atoms with Gasteiger partial charge in [0.2, 0.25) is 5.91 Å². The van der Waals surface area contributed by atoms with Crippen molar-refractivity contribution in [3.05, 3.63) is 35.0 Å². The second kappa shape index (κ2) is 8.22. The fraction of sp³-hybridized carbons (Fsp3) is 0.562. The predicted molar refractivity (Wildman–Crippen MR) is 83.0 cm³/mol. The molecule has 20 heavy (non-hydrogen) atoms. The molecule has 0 unspecified atom stereocenters. The molecule has 1 aliphatic heterocycles. The fourth-order valence-corrected chi connectivity index (χ4v) is 3.26. The highest BCUT2D eigenvalue weighted by Crippen LogP contribution is 2.18. The highest BCUT2D eigenvalue weighted by Gasteiger charge is 2.25. The number of amides is 1. The van der Waals surface area contributed by atoms with Crippen molar-refractivity contribution in [2.45, 2.75) is 38.1 Å². The summed E-state index contributed by atoms with van der Waals surface area (Å²) in [6.45, 7) is 6.07. The summed E-state index contributed by atoms with van der Waals surface area (Å²) in [6.07, 6.45) is 6.03. The maximum atomic E-state index is 12.4. The Kier molecular flexibility index (Phi) is 6.27. The monoisotopic (exact) mass is 293 g/mol. The van der Waals surface area contributed by atoms with Crippen LogP contribution in [0.2, 0.25) is 0 Å². The van der Waals surface area contributed by atoms with E-state index < -0.39 is 0 Å². The van der Waals surface area contributed by atoms with Crippen LogP contribution in [0.4, 0.5) is 0 Å². The normalized spacial score (nSPS) is 16.0. The average molecular weight is 293 g/mol. The number of hydrogen-bond donors (Lipinski definition) is 0. The Morgan fingerprint density at radius 3 is 2.95 bits per heavy atom. The Bertz CT molecular complexity index is 410. The van der Waals surface area contributed by atoms with Crippen molar-refractivity contribution in [3.8, 4) is 0 Å². The molecule has 1 amide bonds. The second-order valence-electron chi connectivity index (χ2n) is 5.09. The van der Waals surface area contributed by atoms with Crippen LogP contribution in [0.15, 0.2) is 30.2 Å². The van der Waals surface area contributed by atoms with Crippen LogP contribution in [0.3, 0.4) is 0 Å². The maximum Gasteiger partial charge on any atom is 0.223 e. The zero-order valence-electron chi connectivity index (χ0n) is 11.9. The van der Waals surface area contributed by atoms with E-state index in [9.17, 15) is 4.79 Å². The molecule has 2 rings (SSSR count). The predicted octanol–water partition coefficient (Wildman–Crippen LogP) is 3.26. The van der Waals surface area contributed by atoms with Gasteiger partial charge in [-0.25, -0.2) is 0 Å². The number of thiophene rings is 1. The van der Waals surface area contributed by atoms with Gasteiger partial charge in [0.25, 0.3) is 0 Å². The smallest absolute Gasteiger partial charge is 0.223 e. The highest BCUT2D eigenvalue weighted by atomic mass is 32.1. The van der Waals surface area contributed by atoms with E-state index in [1.165, 1.54) is 4.88 Å². The van der Waals surface area contributed by atoms with Gasteiger partial charge >= 0.3 is 0 Å². The van der Waals surface area contributed by atoms with E-state index in [1.807, 2.05) is 6.08 Å². The van der Waals surface area contributed by atoms with Gasteiger partial charge in [0.15, 0.2) is 0 Å². The van der Waals surface area contributed by atoms with E-state index in [0.29, 0.717) is 12.5 Å². The van der Waals surface area contributed by atoms with Gasteiger partial charge in [-0.15, -0.1) is 17.9 Å². The van der Waals surface area contributed by atoms with Gasteiger partial charge in [-0.3, -0.25) is 4.79 Å². The van der Waals surface area contributed by atoms with Crippen LogP contribution in [-0.4, -0.2) is 36.6 Å². The van der Waals surface area contributed by atoms with Gasteiger partial charge in [0.05, 0.1) is 0 Å². The molecule has 0 spiro atoms. The zero-order valence-corrected chi connectivity index (χ0v) is 12.7. The number of hydrogen-bond acceptors (Lipinski definition) is 3. The summed E-state index contributed by atoms with van der Waals surface area (Å²) in [4.78, 5) is 15.8. The number of nitrogens with zero attached hydrogens (tertiary/aromatic N) is 1. The molecule has 3 nitrogen and oxygen atoms in total. The molecule has 0 atom stereocenters. The molecule has 1 aromatic rings. The van der Waals surface area contributed by atoms with E-state index in [2.05, 4.69) is 29.0 Å². The molecular formula is C16H23NO2S. The van der Waals surface area contributed by atoms with Crippen molar-refractivity contribution in [3.63, 3.8) is 0 Å². The second-order valence-corrected chi connectivity index (χ2v) is 6.12. The van der Waals surface area contributed by atoms with Gasteiger partial charge in [-0.1, -0.05) is 12.1 Å². The summed E-state index contributed by atoms with van der Waals surface area (Å²) in [5.74, 6) is 0.258. The van der Waals surface area contributed by atoms with Gasteiger partial charge in [0, 0.05) is 37.1 Å². The van der Waals surface area contributed by atoms with Crippen LogP contribution in [0.25, 0.3) is 0 Å². The fourth-order valence-electron chi connectivity index (χ4n) is 2.56. The molecule has 0 saturated carbocycles. The quantitative estimate of drug-likeness (QED) is 0.722. The molecule has 1 aromatic heterocycles. The third-order valence-electron chi connectivity index (χ3n) is 3.69. The summed E-state index contributed by atoms with van der Waals surface area (Å²) in [5.41, 5.74) is 0. The topological polar surface area (TPSA) is 29.5 Å². The minimum Gasteiger partial charge on any atom is -0.381 e. The van der Waals surface area contributed by atoms with Crippen molar-refractivity contribution in [1.29, 1.82) is 0 Å². The van der Waals surface area contributed by atoms with Crippen LogP contribution in [0.1, 0.15) is 30.6 Å². The van der Waals surface area contributed by atoms with Gasteiger partial charge in [-0.2, -0.15) is 0 Å². The standard InChI is InChI=1S/C16H23NO2S/c1-2-3-6-16(18)17(14-8-11-19-12-9-14)10-7-15-5-4-13-20-15/h2,4-5,13-14H,1,3,6-12H2. The van der Waals surface area contributed by atoms with Crippen LogP contribution >= 0.6 is 11.3 Å². The van der Waals surface area contributed by atoms with Crippen LogP contribution in [-0.2, 0) is 16.0 Å². The van der Waals surface area contributed by atoms with Crippen molar-refractivity contribution in [2.24, 2.45) is 0 Å². The number of carbonyl (C=O) groups is 1. The molecule has 1 aliphatic rings. The summed E-state index contributed by atoms with van der Waals surface area (Å²) in [5, 5.41) is 2.09.